The average molecular weight is 248 g/mol. The van der Waals surface area contributed by atoms with Gasteiger partial charge in [0.1, 0.15) is 0 Å². The largest absolute Gasteiger partial charge is 0.271 e. The predicted octanol–water partition coefficient (Wildman–Crippen LogP) is 2.49. The van der Waals surface area contributed by atoms with Crippen LogP contribution in [0.3, 0.4) is 0 Å². The lowest BCUT2D eigenvalue weighted by Crippen LogP contribution is -2.49. The molecule has 0 radical (unpaired) electrons. The van der Waals surface area contributed by atoms with Gasteiger partial charge in [0.15, 0.2) is 0 Å². The standard InChI is InChI=1S/C11H24N2S2/c1-5-7(2)11(13-12)10-6-14-8(3)9(4)15-10/h7-11,13H,5-6,12H2,1-4H3. The third-order valence-electron chi connectivity index (χ3n) is 3.42. The summed E-state index contributed by atoms with van der Waals surface area (Å²) in [7, 11) is 0. The summed E-state index contributed by atoms with van der Waals surface area (Å²) < 4.78 is 0. The van der Waals surface area contributed by atoms with E-state index < -0.39 is 0 Å². The van der Waals surface area contributed by atoms with Crippen LogP contribution in [0.5, 0.6) is 0 Å². The molecular formula is C11H24N2S2. The van der Waals surface area contributed by atoms with E-state index >= 15 is 0 Å². The quantitative estimate of drug-likeness (QED) is 0.592. The van der Waals surface area contributed by atoms with Crippen molar-refractivity contribution in [3.63, 3.8) is 0 Å². The molecule has 1 saturated heterocycles. The molecule has 4 heteroatoms. The molecule has 5 unspecified atom stereocenters. The lowest BCUT2D eigenvalue weighted by molar-refractivity contribution is 0.371. The van der Waals surface area contributed by atoms with Crippen LogP contribution in [0.25, 0.3) is 0 Å². The molecule has 0 amide bonds. The van der Waals surface area contributed by atoms with Crippen LogP contribution in [0.4, 0.5) is 0 Å². The van der Waals surface area contributed by atoms with E-state index in [-0.39, 0.29) is 0 Å². The Morgan fingerprint density at radius 1 is 1.40 bits per heavy atom. The SMILES string of the molecule is CCC(C)C(NN)C1CSC(C)C(C)S1. The highest BCUT2D eigenvalue weighted by Crippen LogP contribution is 2.38. The molecule has 5 atom stereocenters. The first-order chi connectivity index (χ1) is 7.10. The van der Waals surface area contributed by atoms with Gasteiger partial charge in [-0.25, -0.2) is 0 Å². The van der Waals surface area contributed by atoms with Crippen molar-refractivity contribution in [2.75, 3.05) is 5.75 Å². The fourth-order valence-corrected chi connectivity index (χ4v) is 5.13. The molecule has 1 heterocycles. The van der Waals surface area contributed by atoms with Crippen molar-refractivity contribution in [3.05, 3.63) is 0 Å². The molecular weight excluding hydrogens is 224 g/mol. The van der Waals surface area contributed by atoms with Gasteiger partial charge in [-0.05, 0) is 5.92 Å². The summed E-state index contributed by atoms with van der Waals surface area (Å²) in [6.45, 7) is 9.19. The topological polar surface area (TPSA) is 38.0 Å². The third kappa shape index (κ3) is 3.55. The van der Waals surface area contributed by atoms with Gasteiger partial charge in [0.2, 0.25) is 0 Å². The minimum absolute atomic E-state index is 0.461. The molecule has 3 N–H and O–H groups in total. The maximum absolute atomic E-state index is 5.69. The Morgan fingerprint density at radius 2 is 2.07 bits per heavy atom. The van der Waals surface area contributed by atoms with Crippen molar-refractivity contribution in [2.45, 2.75) is 55.9 Å². The average Bonchev–Trinajstić information content (AvgIpc) is 2.24. The van der Waals surface area contributed by atoms with E-state index in [0.29, 0.717) is 17.2 Å². The summed E-state index contributed by atoms with van der Waals surface area (Å²) in [5.41, 5.74) is 3.02. The second kappa shape index (κ2) is 6.38. The van der Waals surface area contributed by atoms with E-state index in [2.05, 4.69) is 56.6 Å². The molecule has 0 aromatic rings. The summed E-state index contributed by atoms with van der Waals surface area (Å²) in [6.07, 6.45) is 1.19. The number of rotatable bonds is 4. The molecule has 2 nitrogen and oxygen atoms in total. The molecule has 0 spiro atoms. The van der Waals surface area contributed by atoms with E-state index in [4.69, 9.17) is 5.84 Å². The Morgan fingerprint density at radius 3 is 2.53 bits per heavy atom. The number of hydrazine groups is 1. The molecule has 0 aromatic carbocycles. The van der Waals surface area contributed by atoms with Gasteiger partial charge in [-0.1, -0.05) is 34.1 Å². The second-order valence-corrected chi connectivity index (χ2v) is 7.53. The van der Waals surface area contributed by atoms with Crippen LogP contribution in [-0.2, 0) is 0 Å². The maximum atomic E-state index is 5.69. The van der Waals surface area contributed by atoms with Gasteiger partial charge in [-0.2, -0.15) is 23.5 Å². The van der Waals surface area contributed by atoms with Gasteiger partial charge in [-0.15, -0.1) is 0 Å². The summed E-state index contributed by atoms with van der Waals surface area (Å²) in [6, 6.07) is 0.461. The Labute approximate surface area is 102 Å². The number of nitrogens with one attached hydrogen (secondary N) is 1. The summed E-state index contributed by atoms with van der Waals surface area (Å²) >= 11 is 4.20. The lowest BCUT2D eigenvalue weighted by Gasteiger charge is -2.37. The first kappa shape index (κ1) is 13.7. The monoisotopic (exact) mass is 248 g/mol. The van der Waals surface area contributed by atoms with Crippen LogP contribution in [0.2, 0.25) is 0 Å². The van der Waals surface area contributed by atoms with E-state index in [1.165, 1.54) is 12.2 Å². The fourth-order valence-electron chi connectivity index (χ4n) is 1.89. The second-order valence-electron chi connectivity index (χ2n) is 4.50. The summed E-state index contributed by atoms with van der Waals surface area (Å²) in [5, 5.41) is 2.19. The van der Waals surface area contributed by atoms with Crippen molar-refractivity contribution in [3.8, 4) is 0 Å². The summed E-state index contributed by atoms with van der Waals surface area (Å²) in [5.74, 6) is 7.58. The van der Waals surface area contributed by atoms with Crippen LogP contribution >= 0.6 is 23.5 Å². The highest BCUT2D eigenvalue weighted by molar-refractivity contribution is 8.07. The van der Waals surface area contributed by atoms with E-state index in [1.54, 1.807) is 0 Å². The van der Waals surface area contributed by atoms with Gasteiger partial charge in [0.05, 0.1) is 0 Å². The van der Waals surface area contributed by atoms with Crippen LogP contribution in [0.1, 0.15) is 34.1 Å². The molecule has 1 aliphatic heterocycles. The van der Waals surface area contributed by atoms with Gasteiger partial charge >= 0.3 is 0 Å². The minimum Gasteiger partial charge on any atom is -0.271 e. The van der Waals surface area contributed by atoms with Gasteiger partial charge in [-0.3, -0.25) is 11.3 Å². The number of thioether (sulfide) groups is 2. The highest BCUT2D eigenvalue weighted by Gasteiger charge is 2.32. The van der Waals surface area contributed by atoms with Crippen LogP contribution in [-0.4, -0.2) is 27.5 Å². The Kier molecular flexibility index (Phi) is 5.82. The molecule has 1 fully saturated rings. The van der Waals surface area contributed by atoms with Crippen LogP contribution < -0.4 is 11.3 Å². The minimum atomic E-state index is 0.461. The first-order valence-corrected chi connectivity index (χ1v) is 7.82. The molecule has 1 aliphatic rings. The zero-order chi connectivity index (χ0) is 11.4. The van der Waals surface area contributed by atoms with Gasteiger partial charge in [0, 0.05) is 27.5 Å². The molecule has 0 bridgehead atoms. The summed E-state index contributed by atoms with van der Waals surface area (Å²) in [4.78, 5) is 0. The Balaban J connectivity index is 2.54. The normalized spacial score (nSPS) is 36.2. The molecule has 15 heavy (non-hydrogen) atoms. The molecule has 1 rings (SSSR count). The van der Waals surface area contributed by atoms with Gasteiger partial charge < -0.3 is 0 Å². The fraction of sp³-hybridized carbons (Fsp3) is 1.00. The van der Waals surface area contributed by atoms with E-state index in [9.17, 15) is 0 Å². The van der Waals surface area contributed by atoms with Gasteiger partial charge in [0.25, 0.3) is 0 Å². The number of nitrogens with two attached hydrogens (primary N) is 1. The van der Waals surface area contributed by atoms with Crippen molar-refractivity contribution in [1.82, 2.24) is 5.43 Å². The Hall–Kier alpha value is 0.620. The Bertz CT molecular complexity index is 189. The zero-order valence-corrected chi connectivity index (χ0v) is 11.8. The zero-order valence-electron chi connectivity index (χ0n) is 10.2. The number of hydrogen-bond acceptors (Lipinski definition) is 4. The van der Waals surface area contributed by atoms with E-state index in [1.807, 2.05) is 0 Å². The smallest absolute Gasteiger partial charge is 0.0362 e. The van der Waals surface area contributed by atoms with Crippen molar-refractivity contribution in [1.29, 1.82) is 0 Å². The predicted molar refractivity (Wildman–Crippen MR) is 73.3 cm³/mol. The molecule has 0 aliphatic carbocycles. The highest BCUT2D eigenvalue weighted by atomic mass is 32.2. The first-order valence-electron chi connectivity index (χ1n) is 5.83. The van der Waals surface area contributed by atoms with Crippen molar-refractivity contribution in [2.24, 2.45) is 11.8 Å². The number of hydrogen-bond donors (Lipinski definition) is 2. The van der Waals surface area contributed by atoms with Crippen LogP contribution in [0, 0.1) is 5.92 Å². The van der Waals surface area contributed by atoms with E-state index in [0.717, 1.165) is 10.5 Å². The molecule has 0 aromatic heterocycles. The molecule has 0 saturated carbocycles. The lowest BCUT2D eigenvalue weighted by atomic mass is 9.97. The maximum Gasteiger partial charge on any atom is 0.0362 e. The van der Waals surface area contributed by atoms with Crippen LogP contribution in [0.15, 0.2) is 0 Å². The van der Waals surface area contributed by atoms with Crippen molar-refractivity contribution < 1.29 is 0 Å². The molecule has 90 valence electrons. The third-order valence-corrected chi connectivity index (χ3v) is 6.94. The van der Waals surface area contributed by atoms with Crippen molar-refractivity contribution >= 4 is 23.5 Å².